The standard InChI is InChI=1S/C15H27N5O3.HI/c1-4-16-15(17-9-12-7-6-8-22-12)18-10-13-19-14(20-23-13)11(3)21-5-2;/h11-12H,4-10H2,1-3H3,(H2,16,17,18);1H. The minimum atomic E-state index is -0.174. The van der Waals surface area contributed by atoms with Gasteiger partial charge in [0.15, 0.2) is 11.8 Å². The molecule has 8 nitrogen and oxygen atoms in total. The van der Waals surface area contributed by atoms with E-state index in [2.05, 4.69) is 25.8 Å². The highest BCUT2D eigenvalue weighted by atomic mass is 127. The normalized spacial score (nSPS) is 19.0. The van der Waals surface area contributed by atoms with Gasteiger partial charge in [-0.05, 0) is 33.6 Å². The number of guanidine groups is 1. The smallest absolute Gasteiger partial charge is 0.248 e. The van der Waals surface area contributed by atoms with Crippen LogP contribution in [0.3, 0.4) is 0 Å². The van der Waals surface area contributed by atoms with Crippen molar-refractivity contribution in [1.29, 1.82) is 0 Å². The van der Waals surface area contributed by atoms with Gasteiger partial charge in [-0.3, -0.25) is 0 Å². The van der Waals surface area contributed by atoms with Gasteiger partial charge in [-0.25, -0.2) is 4.99 Å². The molecular formula is C15H28IN5O3. The number of ether oxygens (including phenoxy) is 2. The van der Waals surface area contributed by atoms with Crippen molar-refractivity contribution in [2.24, 2.45) is 4.99 Å². The molecule has 0 amide bonds. The van der Waals surface area contributed by atoms with Gasteiger partial charge in [0, 0.05) is 26.3 Å². The van der Waals surface area contributed by atoms with E-state index in [1.807, 2.05) is 20.8 Å². The first kappa shape index (κ1) is 21.1. The lowest BCUT2D eigenvalue weighted by atomic mass is 10.2. The Morgan fingerprint density at radius 2 is 2.25 bits per heavy atom. The Morgan fingerprint density at radius 1 is 1.42 bits per heavy atom. The molecule has 1 aromatic rings. The highest BCUT2D eigenvalue weighted by molar-refractivity contribution is 14.0. The molecule has 1 aliphatic rings. The van der Waals surface area contributed by atoms with E-state index < -0.39 is 0 Å². The summed E-state index contributed by atoms with van der Waals surface area (Å²) in [6.45, 7) is 9.18. The Kier molecular flexibility index (Phi) is 10.2. The van der Waals surface area contributed by atoms with E-state index in [9.17, 15) is 0 Å². The molecular weight excluding hydrogens is 425 g/mol. The Morgan fingerprint density at radius 3 is 2.92 bits per heavy atom. The van der Waals surface area contributed by atoms with Crippen molar-refractivity contribution in [3.8, 4) is 0 Å². The van der Waals surface area contributed by atoms with E-state index in [1.54, 1.807) is 0 Å². The van der Waals surface area contributed by atoms with Crippen LogP contribution < -0.4 is 10.6 Å². The molecule has 0 radical (unpaired) electrons. The van der Waals surface area contributed by atoms with Gasteiger partial charge in [0.25, 0.3) is 0 Å². The zero-order chi connectivity index (χ0) is 16.5. The summed E-state index contributed by atoms with van der Waals surface area (Å²) in [5.74, 6) is 1.75. The first-order valence-corrected chi connectivity index (χ1v) is 8.30. The molecule has 0 saturated carbocycles. The molecule has 0 spiro atoms. The average Bonchev–Trinajstić information content (AvgIpc) is 3.21. The minimum absolute atomic E-state index is 0. The second-order valence-electron chi connectivity index (χ2n) is 5.35. The molecule has 0 bridgehead atoms. The lowest BCUT2D eigenvalue weighted by Gasteiger charge is -2.14. The first-order valence-electron chi connectivity index (χ1n) is 8.30. The van der Waals surface area contributed by atoms with Crippen LogP contribution in [0.1, 0.15) is 51.4 Å². The van der Waals surface area contributed by atoms with Crippen molar-refractivity contribution in [2.45, 2.75) is 52.4 Å². The Hall–Kier alpha value is -0.940. The van der Waals surface area contributed by atoms with E-state index in [0.717, 1.165) is 38.5 Å². The fourth-order valence-corrected chi connectivity index (χ4v) is 2.33. The molecule has 2 heterocycles. The SMILES string of the molecule is CCNC(=NCc1nc(C(C)OCC)no1)NCC1CCCO1.I. The molecule has 2 unspecified atom stereocenters. The van der Waals surface area contributed by atoms with Crippen molar-refractivity contribution >= 4 is 29.9 Å². The zero-order valence-electron chi connectivity index (χ0n) is 14.6. The molecule has 1 fully saturated rings. The summed E-state index contributed by atoms with van der Waals surface area (Å²) >= 11 is 0. The maximum atomic E-state index is 5.60. The summed E-state index contributed by atoms with van der Waals surface area (Å²) in [7, 11) is 0. The van der Waals surface area contributed by atoms with Gasteiger partial charge in [0.2, 0.25) is 5.89 Å². The first-order chi connectivity index (χ1) is 11.2. The zero-order valence-corrected chi connectivity index (χ0v) is 16.9. The number of aliphatic imine (C=N–C) groups is 1. The number of nitrogens with zero attached hydrogens (tertiary/aromatic N) is 3. The minimum Gasteiger partial charge on any atom is -0.376 e. The van der Waals surface area contributed by atoms with Crippen LogP contribution in [0.15, 0.2) is 9.52 Å². The quantitative estimate of drug-likeness (QED) is 0.354. The van der Waals surface area contributed by atoms with E-state index in [-0.39, 0.29) is 36.2 Å². The van der Waals surface area contributed by atoms with Gasteiger partial charge < -0.3 is 24.6 Å². The predicted molar refractivity (Wildman–Crippen MR) is 102 cm³/mol. The second-order valence-corrected chi connectivity index (χ2v) is 5.35. The number of aromatic nitrogens is 2. The molecule has 9 heteroatoms. The van der Waals surface area contributed by atoms with Gasteiger partial charge in [0.05, 0.1) is 6.10 Å². The van der Waals surface area contributed by atoms with Crippen molar-refractivity contribution in [1.82, 2.24) is 20.8 Å². The monoisotopic (exact) mass is 453 g/mol. The van der Waals surface area contributed by atoms with Crippen molar-refractivity contribution < 1.29 is 14.0 Å². The topological polar surface area (TPSA) is 93.8 Å². The molecule has 2 atom stereocenters. The van der Waals surface area contributed by atoms with Crippen LogP contribution in [0, 0.1) is 0 Å². The molecule has 0 aromatic carbocycles. The van der Waals surface area contributed by atoms with Crippen LogP contribution in [0.4, 0.5) is 0 Å². The van der Waals surface area contributed by atoms with Crippen LogP contribution in [-0.4, -0.2) is 48.5 Å². The molecule has 138 valence electrons. The lowest BCUT2D eigenvalue weighted by molar-refractivity contribution is 0.0683. The summed E-state index contributed by atoms with van der Waals surface area (Å²) < 4.78 is 16.2. The van der Waals surface area contributed by atoms with E-state index in [1.165, 1.54) is 0 Å². The summed E-state index contributed by atoms with van der Waals surface area (Å²) in [5, 5.41) is 10.4. The van der Waals surface area contributed by atoms with Gasteiger partial charge >= 0.3 is 0 Å². The summed E-state index contributed by atoms with van der Waals surface area (Å²) in [6, 6.07) is 0. The second kappa shape index (κ2) is 11.6. The Labute approximate surface area is 160 Å². The maximum absolute atomic E-state index is 5.60. The maximum Gasteiger partial charge on any atom is 0.248 e. The van der Waals surface area contributed by atoms with Crippen molar-refractivity contribution in [3.05, 3.63) is 11.7 Å². The number of nitrogens with one attached hydrogen (secondary N) is 2. The number of halogens is 1. The van der Waals surface area contributed by atoms with Crippen LogP contribution >= 0.6 is 24.0 Å². The molecule has 2 rings (SSSR count). The molecule has 1 aromatic heterocycles. The number of rotatable bonds is 8. The Bertz CT molecular complexity index is 491. The Balaban J connectivity index is 0.00000288. The average molecular weight is 453 g/mol. The summed E-state index contributed by atoms with van der Waals surface area (Å²) in [5.41, 5.74) is 0. The van der Waals surface area contributed by atoms with Crippen molar-refractivity contribution in [2.75, 3.05) is 26.3 Å². The predicted octanol–water partition coefficient (Wildman–Crippen LogP) is 2.02. The molecule has 0 aliphatic carbocycles. The van der Waals surface area contributed by atoms with Gasteiger partial charge in [-0.2, -0.15) is 4.98 Å². The number of hydrogen-bond acceptors (Lipinski definition) is 6. The largest absolute Gasteiger partial charge is 0.376 e. The fourth-order valence-electron chi connectivity index (χ4n) is 2.33. The van der Waals surface area contributed by atoms with Gasteiger partial charge in [0.1, 0.15) is 12.6 Å². The van der Waals surface area contributed by atoms with Crippen molar-refractivity contribution in [3.63, 3.8) is 0 Å². The van der Waals surface area contributed by atoms with E-state index in [4.69, 9.17) is 14.0 Å². The van der Waals surface area contributed by atoms with Crippen LogP contribution in [0.2, 0.25) is 0 Å². The van der Waals surface area contributed by atoms with Crippen LogP contribution in [0.25, 0.3) is 0 Å². The summed E-state index contributed by atoms with van der Waals surface area (Å²) in [6.07, 6.45) is 2.31. The van der Waals surface area contributed by atoms with E-state index in [0.29, 0.717) is 24.9 Å². The van der Waals surface area contributed by atoms with Gasteiger partial charge in [-0.1, -0.05) is 5.16 Å². The highest BCUT2D eigenvalue weighted by Crippen LogP contribution is 2.13. The lowest BCUT2D eigenvalue weighted by Crippen LogP contribution is -2.41. The van der Waals surface area contributed by atoms with Crippen LogP contribution in [-0.2, 0) is 16.0 Å². The highest BCUT2D eigenvalue weighted by Gasteiger charge is 2.16. The van der Waals surface area contributed by atoms with Crippen LogP contribution in [0.5, 0.6) is 0 Å². The molecule has 24 heavy (non-hydrogen) atoms. The number of hydrogen-bond donors (Lipinski definition) is 2. The molecule has 2 N–H and O–H groups in total. The fraction of sp³-hybridized carbons (Fsp3) is 0.800. The third kappa shape index (κ3) is 6.89. The molecule has 1 aliphatic heterocycles. The third-order valence-electron chi connectivity index (χ3n) is 3.50. The van der Waals surface area contributed by atoms with E-state index >= 15 is 0 Å². The summed E-state index contributed by atoms with van der Waals surface area (Å²) in [4.78, 5) is 8.77. The van der Waals surface area contributed by atoms with Gasteiger partial charge in [-0.15, -0.1) is 24.0 Å². The third-order valence-corrected chi connectivity index (χ3v) is 3.50. The molecule has 1 saturated heterocycles.